The Morgan fingerprint density at radius 3 is 1.72 bits per heavy atom. The maximum atomic E-state index is 11.3. The Morgan fingerprint density at radius 1 is 0.931 bits per heavy atom. The van der Waals surface area contributed by atoms with E-state index in [9.17, 15) is 28.6 Å². The first-order chi connectivity index (χ1) is 13.2. The van der Waals surface area contributed by atoms with Gasteiger partial charge in [-0.25, -0.2) is 0 Å². The molecule has 0 radical (unpaired) electrons. The van der Waals surface area contributed by atoms with Crippen molar-refractivity contribution in [3.05, 3.63) is 74.3 Å². The van der Waals surface area contributed by atoms with Gasteiger partial charge in [-0.15, -0.1) is 0 Å². The summed E-state index contributed by atoms with van der Waals surface area (Å²) in [6.07, 6.45) is 0. The summed E-state index contributed by atoms with van der Waals surface area (Å²) in [6.45, 7) is 6.08. The van der Waals surface area contributed by atoms with Crippen LogP contribution in [0.15, 0.2) is 53.4 Å². The molecular formula is C18H28N2O8S. The van der Waals surface area contributed by atoms with Crippen molar-refractivity contribution < 1.29 is 27.6 Å². The summed E-state index contributed by atoms with van der Waals surface area (Å²) in [7, 11) is -2.45. The first-order valence-corrected chi connectivity index (χ1v) is 9.29. The minimum Gasteiger partial charge on any atom is -0.400 e. The van der Waals surface area contributed by atoms with Crippen molar-refractivity contribution in [1.29, 1.82) is 0 Å². The highest BCUT2D eigenvalue weighted by atomic mass is 32.2. The zero-order valence-corrected chi connectivity index (χ0v) is 17.0. The predicted octanol–water partition coefficient (Wildman–Crippen LogP) is 4.10. The Morgan fingerprint density at radius 2 is 1.41 bits per heavy atom. The van der Waals surface area contributed by atoms with Crippen LogP contribution in [-0.4, -0.2) is 37.6 Å². The summed E-state index contributed by atoms with van der Waals surface area (Å²) in [5, 5.41) is 28.0. The predicted molar refractivity (Wildman–Crippen MR) is 111 cm³/mol. The van der Waals surface area contributed by atoms with Crippen LogP contribution in [0.5, 0.6) is 0 Å². The molecule has 0 heterocycles. The van der Waals surface area contributed by atoms with Gasteiger partial charge in [0.15, 0.2) is 4.90 Å². The van der Waals surface area contributed by atoms with Gasteiger partial charge in [0.25, 0.3) is 11.4 Å². The maximum absolute atomic E-state index is 11.3. The van der Waals surface area contributed by atoms with Gasteiger partial charge in [0.1, 0.15) is 0 Å². The van der Waals surface area contributed by atoms with Crippen LogP contribution in [0.3, 0.4) is 0 Å². The van der Waals surface area contributed by atoms with Gasteiger partial charge in [0.05, 0.1) is 23.0 Å². The Kier molecular flexibility index (Phi) is 17.1. The van der Waals surface area contributed by atoms with Crippen molar-refractivity contribution in [2.24, 2.45) is 0 Å². The molecule has 0 aliphatic carbocycles. The van der Waals surface area contributed by atoms with Gasteiger partial charge in [-0.05, 0) is 13.0 Å². The van der Waals surface area contributed by atoms with E-state index in [-0.39, 0.29) is 7.43 Å². The lowest BCUT2D eigenvalue weighted by molar-refractivity contribution is -0.396. The third-order valence-electron chi connectivity index (χ3n) is 2.78. The summed E-state index contributed by atoms with van der Waals surface area (Å²) in [6, 6.07) is 12.4. The molecule has 2 aromatic rings. The number of aliphatic hydroxyl groups is 1. The van der Waals surface area contributed by atoms with E-state index in [1.54, 1.807) is 0 Å². The van der Waals surface area contributed by atoms with E-state index in [1.165, 1.54) is 5.56 Å². The van der Waals surface area contributed by atoms with Crippen LogP contribution in [-0.2, 0) is 14.3 Å². The number of benzene rings is 2. The molecule has 0 aromatic heterocycles. The molecule has 0 unspecified atom stereocenters. The molecular weight excluding hydrogens is 404 g/mol. The van der Waals surface area contributed by atoms with Crippen LogP contribution in [0.1, 0.15) is 26.8 Å². The van der Waals surface area contributed by atoms with Crippen molar-refractivity contribution in [3.8, 4) is 0 Å². The highest BCUT2D eigenvalue weighted by molar-refractivity contribution is 7.86. The molecule has 29 heavy (non-hydrogen) atoms. The van der Waals surface area contributed by atoms with Gasteiger partial charge in [0.2, 0.25) is 0 Å². The lowest BCUT2D eigenvalue weighted by atomic mass is 10.2. The number of hydrogen-bond donors (Lipinski definition) is 1. The maximum Gasteiger partial charge on any atom is 0.303 e. The Labute approximate surface area is 171 Å². The van der Waals surface area contributed by atoms with Gasteiger partial charge in [-0.3, -0.25) is 24.4 Å². The zero-order chi connectivity index (χ0) is 22.3. The van der Waals surface area contributed by atoms with Gasteiger partial charge in [-0.2, -0.15) is 8.42 Å². The zero-order valence-electron chi connectivity index (χ0n) is 16.2. The summed E-state index contributed by atoms with van der Waals surface area (Å²) in [5.41, 5.74) is -0.157. The number of non-ortho nitro benzene ring substituents is 1. The average molecular weight is 432 g/mol. The minimum absolute atomic E-state index is 0. The molecule has 0 aliphatic heterocycles. The molecule has 10 nitrogen and oxygen atoms in total. The molecule has 164 valence electrons. The van der Waals surface area contributed by atoms with Crippen molar-refractivity contribution in [3.63, 3.8) is 0 Å². The lowest BCUT2D eigenvalue weighted by Crippen LogP contribution is -2.07. The van der Waals surface area contributed by atoms with Crippen LogP contribution < -0.4 is 0 Å². The standard InChI is InChI=1S/C7H6N2O7S.C7H8.C2H6.CH4O.CH4/c1-16-17(14,15)7-3-2-5(8(10)11)4-6(7)9(12)13;1-7-5-3-2-4-6-7;2*1-2;/h2-4H,1H3;2-6H,1H3;1-2H3;2H,1H3;1H4. The smallest absolute Gasteiger partial charge is 0.303 e. The van der Waals surface area contributed by atoms with E-state index in [1.807, 2.05) is 32.0 Å². The van der Waals surface area contributed by atoms with E-state index >= 15 is 0 Å². The number of aryl methyl sites for hydroxylation is 1. The highest BCUT2D eigenvalue weighted by Gasteiger charge is 2.28. The summed E-state index contributed by atoms with van der Waals surface area (Å²) < 4.78 is 26.7. The molecule has 0 saturated heterocycles. The molecule has 0 atom stereocenters. The first-order valence-electron chi connectivity index (χ1n) is 7.89. The fourth-order valence-corrected chi connectivity index (χ4v) is 2.40. The molecule has 1 N–H and O–H groups in total. The van der Waals surface area contributed by atoms with Crippen LogP contribution in [0, 0.1) is 27.2 Å². The second-order valence-corrected chi connectivity index (χ2v) is 6.12. The van der Waals surface area contributed by atoms with Gasteiger partial charge < -0.3 is 5.11 Å². The van der Waals surface area contributed by atoms with Crippen LogP contribution >= 0.6 is 0 Å². The molecule has 0 aliphatic rings. The monoisotopic (exact) mass is 432 g/mol. The second-order valence-electron chi connectivity index (χ2n) is 4.44. The summed E-state index contributed by atoms with van der Waals surface area (Å²) in [5.74, 6) is 0. The number of rotatable bonds is 4. The quantitative estimate of drug-likeness (QED) is 0.431. The number of nitro benzene ring substituents is 2. The number of nitrogens with zero attached hydrogens (tertiary/aromatic N) is 2. The van der Waals surface area contributed by atoms with E-state index in [4.69, 9.17) is 5.11 Å². The summed E-state index contributed by atoms with van der Waals surface area (Å²) >= 11 is 0. The number of aliphatic hydroxyl groups excluding tert-OH is 1. The molecule has 0 saturated carbocycles. The van der Waals surface area contributed by atoms with Crippen molar-refractivity contribution in [2.75, 3.05) is 14.2 Å². The van der Waals surface area contributed by atoms with Crippen molar-refractivity contribution in [1.82, 2.24) is 0 Å². The van der Waals surface area contributed by atoms with Crippen LogP contribution in [0.25, 0.3) is 0 Å². The fraction of sp³-hybridized carbons (Fsp3) is 0.333. The highest BCUT2D eigenvalue weighted by Crippen LogP contribution is 2.29. The van der Waals surface area contributed by atoms with E-state index in [2.05, 4.69) is 23.2 Å². The molecule has 0 amide bonds. The first kappa shape index (κ1) is 30.8. The second kappa shape index (κ2) is 16.1. The molecule has 0 bridgehead atoms. The van der Waals surface area contributed by atoms with Crippen molar-refractivity contribution in [2.45, 2.75) is 33.1 Å². The fourth-order valence-electron chi connectivity index (χ4n) is 1.60. The Hall–Kier alpha value is -2.89. The van der Waals surface area contributed by atoms with Gasteiger partial charge in [-0.1, -0.05) is 57.2 Å². The van der Waals surface area contributed by atoms with E-state index < -0.39 is 36.2 Å². The van der Waals surface area contributed by atoms with Crippen molar-refractivity contribution >= 4 is 21.5 Å². The van der Waals surface area contributed by atoms with Crippen LogP contribution in [0.2, 0.25) is 0 Å². The Balaban J connectivity index is -0.000000470. The Bertz CT molecular complexity index is 840. The largest absolute Gasteiger partial charge is 0.400 e. The molecule has 0 fully saturated rings. The molecule has 2 rings (SSSR count). The van der Waals surface area contributed by atoms with Gasteiger partial charge >= 0.3 is 10.1 Å². The van der Waals surface area contributed by atoms with E-state index in [0.717, 1.165) is 26.4 Å². The molecule has 2 aromatic carbocycles. The SMILES string of the molecule is C.CC.CO.COS(=O)(=O)c1ccc([N+](=O)[O-])cc1[N+](=O)[O-].Cc1ccccc1. The van der Waals surface area contributed by atoms with Gasteiger partial charge in [0, 0.05) is 13.2 Å². The van der Waals surface area contributed by atoms with E-state index in [0.29, 0.717) is 6.07 Å². The minimum atomic E-state index is -4.28. The molecule has 0 spiro atoms. The normalized spacial score (nSPS) is 9.03. The molecule has 11 heteroatoms. The third kappa shape index (κ3) is 10.9. The number of nitro groups is 2. The number of hydrogen-bond acceptors (Lipinski definition) is 8. The topological polar surface area (TPSA) is 150 Å². The van der Waals surface area contributed by atoms with Crippen LogP contribution in [0.4, 0.5) is 11.4 Å². The lowest BCUT2D eigenvalue weighted by Gasteiger charge is -2.02. The summed E-state index contributed by atoms with van der Waals surface area (Å²) in [4.78, 5) is 18.4. The third-order valence-corrected chi connectivity index (χ3v) is 4.10. The average Bonchev–Trinajstić information content (AvgIpc) is 2.71.